The number of esters is 2. The quantitative estimate of drug-likeness (QED) is 0.0244. The van der Waals surface area contributed by atoms with Crippen molar-refractivity contribution in [3.8, 4) is 11.5 Å². The number of fused-ring (bicyclic) bond motifs is 3. The number of hydrogen-bond acceptors (Lipinski definition) is 24. The standard InChI is InChI=1S/C68H92N4O23/c1-40-17-13-12-14-18-41(2)55(85-8)37-52-26-20-46(7)68(80,95-52)63(75)64(76)70-32-16-15-19-53(70)65(77)92-57(43(4)35-47-21-31-54(58(36-47)87-10)93-66(78)90-50-27-22-48(23-28-50)71(81)82)38-56(86-9)42(3)34-45(6)61(74)62(88-11)60(44(5)33-40)69-89-39-59(73)94-67(79)91-51-29-24-49(25-30-51)72(83)84/h12-14,17-18,22-25,27-30,34,40,42-44,46-47,52-58,61-62,74,80H,15-16,19-21,26,31-33,35-39H2,1-11H3/b14-12+,17-13+,41-18+,45-34+,69-60?/t40-,42-,43-,44-,46-,47+,52+,53+,54-,55+,56-,57+,58-,61-,62+,68-/m1/s1. The molecule has 1 aliphatic carbocycles. The smallest absolute Gasteiger partial charge is 0.460 e. The minimum Gasteiger partial charge on any atom is -0.460 e. The van der Waals surface area contributed by atoms with Gasteiger partial charge in [0.2, 0.25) is 12.4 Å². The van der Waals surface area contributed by atoms with Gasteiger partial charge in [0.15, 0.2) is 0 Å². The SMILES string of the molecule is CO[C@H]1C[C@@H]2CC[C@@H](C)[C@@](O)(O2)C(=O)C(=O)N2CCCC[C@H]2C(=O)O[C@H]([C@H](C)C[C@@H]2CC[C@@H](OC(=O)Oc3ccc([N+](=O)[O-])cc3)[C@H](OC)C2)C[C@@H](OC)[C@H](C)/C=C(\C)[C@@H](O)[C@@H](OC)C(=NOCC(=O)OC(=O)Oc2ccc([N+](=O)[O-])cc2)[C@H](C)C[C@H](C)/C=C/C=C/C=C/1C. The Morgan fingerprint density at radius 1 is 0.747 bits per heavy atom. The van der Waals surface area contributed by atoms with Crippen LogP contribution < -0.4 is 9.47 Å². The molecule has 3 fully saturated rings. The highest BCUT2D eigenvalue weighted by Gasteiger charge is 2.53. The van der Waals surface area contributed by atoms with Crippen molar-refractivity contribution in [1.82, 2.24) is 4.90 Å². The number of hydrogen-bond donors (Lipinski definition) is 2. The summed E-state index contributed by atoms with van der Waals surface area (Å²) < 4.78 is 57.6. The minimum atomic E-state index is -2.51. The van der Waals surface area contributed by atoms with Gasteiger partial charge in [-0.15, -0.1) is 0 Å². The molecule has 2 bridgehead atoms. The molecule has 16 atom stereocenters. The van der Waals surface area contributed by atoms with Crippen LogP contribution in [0.25, 0.3) is 0 Å². The van der Waals surface area contributed by atoms with Crippen LogP contribution in [0, 0.1) is 55.7 Å². The van der Waals surface area contributed by atoms with Gasteiger partial charge in [0.05, 0.1) is 40.0 Å². The summed E-state index contributed by atoms with van der Waals surface area (Å²) in [6.45, 7) is 12.0. The van der Waals surface area contributed by atoms with E-state index < -0.39 is 137 Å². The number of amides is 1. The highest BCUT2D eigenvalue weighted by atomic mass is 16.8. The molecular weight excluding hydrogens is 1240 g/mol. The van der Waals surface area contributed by atoms with Crippen molar-refractivity contribution in [3.63, 3.8) is 0 Å². The van der Waals surface area contributed by atoms with Crippen LogP contribution in [0.15, 0.2) is 101 Å². The fourth-order valence-electron chi connectivity index (χ4n) is 12.7. The molecule has 27 heteroatoms. The molecule has 0 spiro atoms. The van der Waals surface area contributed by atoms with Crippen molar-refractivity contribution in [2.75, 3.05) is 41.6 Å². The largest absolute Gasteiger partial charge is 0.521 e. The van der Waals surface area contributed by atoms with Gasteiger partial charge >= 0.3 is 24.2 Å². The molecule has 2 N–H and O–H groups in total. The van der Waals surface area contributed by atoms with E-state index >= 15 is 0 Å². The topological polar surface area (TPSA) is 346 Å². The van der Waals surface area contributed by atoms with Crippen molar-refractivity contribution in [3.05, 3.63) is 116 Å². The van der Waals surface area contributed by atoms with Gasteiger partial charge in [-0.1, -0.05) is 76.2 Å². The molecule has 2 aromatic carbocycles. The molecule has 522 valence electrons. The number of Topliss-reactive ketones (excluding diaryl/α,β-unsaturated/α-hetero) is 1. The summed E-state index contributed by atoms with van der Waals surface area (Å²) in [5.41, 5.74) is 0.980. The second-order valence-electron chi connectivity index (χ2n) is 25.2. The first-order valence-electron chi connectivity index (χ1n) is 32.1. The van der Waals surface area contributed by atoms with Crippen LogP contribution in [0.1, 0.15) is 126 Å². The predicted octanol–water partition coefficient (Wildman–Crippen LogP) is 10.2. The summed E-state index contributed by atoms with van der Waals surface area (Å²) in [4.78, 5) is 110. The van der Waals surface area contributed by atoms with Gasteiger partial charge in [-0.05, 0) is 131 Å². The monoisotopic (exact) mass is 1330 g/mol. The highest BCUT2D eigenvalue weighted by Crippen LogP contribution is 2.39. The van der Waals surface area contributed by atoms with E-state index in [-0.39, 0.29) is 66.2 Å². The summed E-state index contributed by atoms with van der Waals surface area (Å²) in [6, 6.07) is 8.28. The van der Waals surface area contributed by atoms with Gasteiger partial charge in [0.25, 0.3) is 23.1 Å². The molecule has 2 aromatic rings. The molecule has 27 nitrogen and oxygen atoms in total. The van der Waals surface area contributed by atoms with Crippen molar-refractivity contribution < 1.29 is 101 Å². The van der Waals surface area contributed by atoms with Gasteiger partial charge < -0.3 is 67.3 Å². The average molecular weight is 1330 g/mol. The summed E-state index contributed by atoms with van der Waals surface area (Å²) in [5.74, 6) is -9.15. The van der Waals surface area contributed by atoms with Gasteiger partial charge in [0, 0.05) is 89.8 Å². The first-order chi connectivity index (χ1) is 45.2. The number of aliphatic hydroxyl groups excluding tert-OH is 1. The average Bonchev–Trinajstić information content (AvgIpc) is 0.778. The number of ether oxygens (including phenoxy) is 10. The summed E-state index contributed by atoms with van der Waals surface area (Å²) in [5, 5.41) is 51.0. The molecule has 1 saturated carbocycles. The predicted molar refractivity (Wildman–Crippen MR) is 343 cm³/mol. The second kappa shape index (κ2) is 36.4. The van der Waals surface area contributed by atoms with Crippen LogP contribution in [0.3, 0.4) is 0 Å². The number of nitrogens with zero attached hydrogens (tertiary/aromatic N) is 4. The van der Waals surface area contributed by atoms with E-state index in [9.17, 15) is 59.2 Å². The number of oxime groups is 1. The number of nitro benzene ring substituents is 2. The fourth-order valence-corrected chi connectivity index (χ4v) is 12.7. The summed E-state index contributed by atoms with van der Waals surface area (Å²) >= 11 is 0. The number of aliphatic hydroxyl groups is 2. The van der Waals surface area contributed by atoms with Gasteiger partial charge in [-0.25, -0.2) is 19.2 Å². The third-order valence-electron chi connectivity index (χ3n) is 18.2. The molecule has 3 heterocycles. The molecule has 3 aliphatic heterocycles. The van der Waals surface area contributed by atoms with Gasteiger partial charge in [0.1, 0.15) is 42.0 Å². The lowest BCUT2D eigenvalue weighted by atomic mass is 9.78. The lowest BCUT2D eigenvalue weighted by Gasteiger charge is -2.43. The van der Waals surface area contributed by atoms with Crippen molar-refractivity contribution in [1.29, 1.82) is 0 Å². The number of allylic oxidation sites excluding steroid dienone is 5. The van der Waals surface area contributed by atoms with Crippen LogP contribution in [0.2, 0.25) is 0 Å². The Kier molecular flexibility index (Phi) is 29.2. The highest BCUT2D eigenvalue weighted by molar-refractivity contribution is 6.39. The minimum absolute atomic E-state index is 0.0294. The van der Waals surface area contributed by atoms with Crippen LogP contribution in [0.4, 0.5) is 21.0 Å². The molecule has 0 aromatic heterocycles. The van der Waals surface area contributed by atoms with Crippen molar-refractivity contribution in [2.45, 2.75) is 186 Å². The number of carbonyl (C=O) groups excluding carboxylic acids is 6. The Morgan fingerprint density at radius 2 is 1.39 bits per heavy atom. The van der Waals surface area contributed by atoms with Crippen LogP contribution >= 0.6 is 0 Å². The lowest BCUT2D eigenvalue weighted by Crippen LogP contribution is -2.61. The van der Waals surface area contributed by atoms with Crippen LogP contribution in [-0.2, 0) is 61.9 Å². The molecule has 95 heavy (non-hydrogen) atoms. The van der Waals surface area contributed by atoms with Crippen LogP contribution in [0.5, 0.6) is 11.5 Å². The molecular formula is C68H92N4O23. The number of ketones is 1. The second-order valence-corrected chi connectivity index (χ2v) is 25.2. The third kappa shape index (κ3) is 21.6. The fraction of sp³-hybridized carbons (Fsp3) is 0.603. The van der Waals surface area contributed by atoms with E-state index in [0.29, 0.717) is 63.4 Å². The molecule has 2 saturated heterocycles. The zero-order chi connectivity index (χ0) is 69.7. The van der Waals surface area contributed by atoms with E-state index in [0.717, 1.165) is 29.8 Å². The lowest BCUT2D eigenvalue weighted by molar-refractivity contribution is -0.385. The normalized spacial score (nSPS) is 32.1. The molecule has 4 aliphatic rings. The molecule has 1 amide bonds. The van der Waals surface area contributed by atoms with E-state index in [2.05, 4.69) is 5.16 Å². The van der Waals surface area contributed by atoms with E-state index in [1.165, 1.54) is 50.5 Å². The van der Waals surface area contributed by atoms with Gasteiger partial charge in [-0.3, -0.25) is 29.8 Å². The maximum Gasteiger partial charge on any atom is 0.521 e. The Bertz CT molecular complexity index is 3110. The number of rotatable bonds is 15. The molecule has 0 radical (unpaired) electrons. The Labute approximate surface area is 553 Å². The summed E-state index contributed by atoms with van der Waals surface area (Å²) in [7, 11) is 5.92. The number of nitro groups is 2. The Hall–Kier alpha value is -7.79. The van der Waals surface area contributed by atoms with Crippen molar-refractivity contribution >= 4 is 53.0 Å². The Morgan fingerprint density at radius 3 is 2.00 bits per heavy atom. The van der Waals surface area contributed by atoms with Crippen molar-refractivity contribution in [2.24, 2.45) is 40.7 Å². The number of methoxy groups -OCH3 is 4. The number of non-ortho nitro benzene ring substituents is 2. The van der Waals surface area contributed by atoms with E-state index in [4.69, 9.17) is 52.2 Å². The number of cyclic esters (lactones) is 1. The third-order valence-corrected chi connectivity index (χ3v) is 18.2. The first-order valence-corrected chi connectivity index (χ1v) is 32.1. The zero-order valence-electron chi connectivity index (χ0n) is 55.9. The maximum atomic E-state index is 14.9. The number of piperidine rings is 1. The summed E-state index contributed by atoms with van der Waals surface area (Å²) in [6.07, 6.45) is 6.61. The van der Waals surface area contributed by atoms with E-state index in [1.54, 1.807) is 27.0 Å². The number of benzene rings is 2. The van der Waals surface area contributed by atoms with Gasteiger partial charge in [-0.2, -0.15) is 0 Å². The van der Waals surface area contributed by atoms with Crippen LogP contribution in [-0.4, -0.2) is 169 Å². The first kappa shape index (κ1) is 76.2. The number of carbonyl (C=O) groups is 6. The molecule has 0 unspecified atom stereocenters. The maximum absolute atomic E-state index is 14.9. The zero-order valence-corrected chi connectivity index (χ0v) is 55.9. The van der Waals surface area contributed by atoms with E-state index in [1.807, 2.05) is 65.0 Å². The Balaban J connectivity index is 1.30. The molecule has 6 rings (SSSR count).